The van der Waals surface area contributed by atoms with Crippen LogP contribution in [0.3, 0.4) is 0 Å². The molecule has 0 spiro atoms. The average Bonchev–Trinajstić information content (AvgIpc) is 2.99. The molecule has 0 radical (unpaired) electrons. The SMILES string of the molecule is CC1(C)c2cc(Br)ccc2-c2ccc(-c3cccc4ccc5cccnc5c34)cc21. The predicted molar refractivity (Wildman–Crippen MR) is 130 cm³/mol. The number of pyridine rings is 1. The molecule has 0 amide bonds. The van der Waals surface area contributed by atoms with Gasteiger partial charge in [-0.3, -0.25) is 4.98 Å². The summed E-state index contributed by atoms with van der Waals surface area (Å²) in [4.78, 5) is 4.73. The summed E-state index contributed by atoms with van der Waals surface area (Å²) >= 11 is 3.66. The second-order valence-corrected chi connectivity index (χ2v) is 9.54. The summed E-state index contributed by atoms with van der Waals surface area (Å²) in [5, 5.41) is 3.63. The Bertz CT molecular complexity index is 1480. The molecule has 1 nitrogen and oxygen atoms in total. The van der Waals surface area contributed by atoms with Crippen molar-refractivity contribution in [2.24, 2.45) is 0 Å². The van der Waals surface area contributed by atoms with E-state index in [0.29, 0.717) is 0 Å². The number of hydrogen-bond acceptors (Lipinski definition) is 1. The molecular weight excluding hydrogens is 430 g/mol. The molecule has 4 aromatic carbocycles. The van der Waals surface area contributed by atoms with Gasteiger partial charge in [0.25, 0.3) is 0 Å². The van der Waals surface area contributed by atoms with Gasteiger partial charge in [0.15, 0.2) is 0 Å². The number of benzene rings is 4. The summed E-state index contributed by atoms with van der Waals surface area (Å²) in [7, 11) is 0. The number of halogens is 1. The van der Waals surface area contributed by atoms with Crippen LogP contribution in [0.4, 0.5) is 0 Å². The van der Waals surface area contributed by atoms with Crippen molar-refractivity contribution in [2.75, 3.05) is 0 Å². The molecule has 0 unspecified atom stereocenters. The van der Waals surface area contributed by atoms with Crippen LogP contribution in [0.1, 0.15) is 25.0 Å². The van der Waals surface area contributed by atoms with E-state index in [0.717, 1.165) is 9.99 Å². The number of fused-ring (bicyclic) bond motifs is 6. The van der Waals surface area contributed by atoms with Crippen molar-refractivity contribution < 1.29 is 0 Å². The van der Waals surface area contributed by atoms with Gasteiger partial charge in [-0.15, -0.1) is 0 Å². The Labute approximate surface area is 184 Å². The molecule has 0 saturated carbocycles. The third kappa shape index (κ3) is 2.44. The van der Waals surface area contributed by atoms with E-state index >= 15 is 0 Å². The van der Waals surface area contributed by atoms with Crippen LogP contribution in [0.5, 0.6) is 0 Å². The quantitative estimate of drug-likeness (QED) is 0.235. The Hall–Kier alpha value is -2.97. The highest BCUT2D eigenvalue weighted by molar-refractivity contribution is 9.10. The molecule has 0 fully saturated rings. The van der Waals surface area contributed by atoms with Gasteiger partial charge < -0.3 is 0 Å². The zero-order valence-electron chi connectivity index (χ0n) is 16.9. The second-order valence-electron chi connectivity index (χ2n) is 8.62. The average molecular weight is 450 g/mol. The minimum Gasteiger partial charge on any atom is -0.256 e. The van der Waals surface area contributed by atoms with Gasteiger partial charge in [-0.2, -0.15) is 0 Å². The maximum atomic E-state index is 4.73. The van der Waals surface area contributed by atoms with Crippen LogP contribution in [-0.4, -0.2) is 4.98 Å². The van der Waals surface area contributed by atoms with Gasteiger partial charge in [-0.1, -0.05) is 84.4 Å². The summed E-state index contributed by atoms with van der Waals surface area (Å²) < 4.78 is 1.13. The van der Waals surface area contributed by atoms with Gasteiger partial charge >= 0.3 is 0 Å². The van der Waals surface area contributed by atoms with Gasteiger partial charge in [-0.05, 0) is 63.0 Å². The molecule has 0 N–H and O–H groups in total. The third-order valence-corrected chi connectivity index (χ3v) is 7.06. The monoisotopic (exact) mass is 449 g/mol. The third-order valence-electron chi connectivity index (χ3n) is 6.56. The number of hydrogen-bond donors (Lipinski definition) is 0. The van der Waals surface area contributed by atoms with Crippen molar-refractivity contribution in [1.82, 2.24) is 4.98 Å². The molecule has 0 aliphatic heterocycles. The van der Waals surface area contributed by atoms with Crippen LogP contribution in [0.2, 0.25) is 0 Å². The van der Waals surface area contributed by atoms with E-state index in [1.54, 1.807) is 0 Å². The van der Waals surface area contributed by atoms with Crippen molar-refractivity contribution in [2.45, 2.75) is 19.3 Å². The Morgan fingerprint density at radius 2 is 1.43 bits per heavy atom. The van der Waals surface area contributed by atoms with Crippen LogP contribution in [-0.2, 0) is 5.41 Å². The van der Waals surface area contributed by atoms with Gasteiger partial charge in [-0.25, -0.2) is 0 Å². The van der Waals surface area contributed by atoms with Crippen LogP contribution < -0.4 is 0 Å². The Morgan fingerprint density at radius 3 is 2.30 bits per heavy atom. The van der Waals surface area contributed by atoms with Crippen LogP contribution in [0, 0.1) is 0 Å². The van der Waals surface area contributed by atoms with Gasteiger partial charge in [0.05, 0.1) is 5.52 Å². The Balaban J connectivity index is 1.63. The van der Waals surface area contributed by atoms with E-state index < -0.39 is 0 Å². The first-order valence-corrected chi connectivity index (χ1v) is 11.0. The minimum absolute atomic E-state index is 0.0324. The molecule has 30 heavy (non-hydrogen) atoms. The summed E-state index contributed by atoms with van der Waals surface area (Å²) in [6.07, 6.45) is 1.89. The maximum absolute atomic E-state index is 4.73. The number of aromatic nitrogens is 1. The van der Waals surface area contributed by atoms with E-state index in [9.17, 15) is 0 Å². The fourth-order valence-corrected chi connectivity index (χ4v) is 5.39. The Morgan fingerprint density at radius 1 is 0.700 bits per heavy atom. The lowest BCUT2D eigenvalue weighted by molar-refractivity contribution is 0.660. The lowest BCUT2D eigenvalue weighted by Gasteiger charge is -2.22. The normalized spacial score (nSPS) is 14.1. The lowest BCUT2D eigenvalue weighted by atomic mass is 9.81. The highest BCUT2D eigenvalue weighted by Crippen LogP contribution is 2.50. The van der Waals surface area contributed by atoms with Crippen LogP contribution >= 0.6 is 15.9 Å². The van der Waals surface area contributed by atoms with Crippen molar-refractivity contribution in [3.63, 3.8) is 0 Å². The van der Waals surface area contributed by atoms with Crippen molar-refractivity contribution >= 4 is 37.6 Å². The zero-order valence-corrected chi connectivity index (χ0v) is 18.5. The molecule has 1 heterocycles. The first-order chi connectivity index (χ1) is 14.5. The molecule has 1 aliphatic rings. The summed E-state index contributed by atoms with van der Waals surface area (Å²) in [6, 6.07) is 28.7. The van der Waals surface area contributed by atoms with E-state index in [1.165, 1.54) is 49.5 Å². The Kier molecular flexibility index (Phi) is 3.73. The molecular formula is C28H20BrN. The highest BCUT2D eigenvalue weighted by Gasteiger charge is 2.35. The zero-order chi connectivity index (χ0) is 20.5. The molecule has 144 valence electrons. The van der Waals surface area contributed by atoms with E-state index in [-0.39, 0.29) is 5.41 Å². The fraction of sp³-hybridized carbons (Fsp3) is 0.107. The summed E-state index contributed by atoms with van der Waals surface area (Å²) in [6.45, 7) is 4.65. The van der Waals surface area contributed by atoms with Crippen LogP contribution in [0.25, 0.3) is 43.9 Å². The molecule has 2 heteroatoms. The molecule has 0 atom stereocenters. The van der Waals surface area contributed by atoms with Crippen molar-refractivity contribution in [1.29, 1.82) is 0 Å². The summed E-state index contributed by atoms with van der Waals surface area (Å²) in [5.74, 6) is 0. The first-order valence-electron chi connectivity index (χ1n) is 10.3. The fourth-order valence-electron chi connectivity index (χ4n) is 5.03. The van der Waals surface area contributed by atoms with Crippen molar-refractivity contribution in [3.8, 4) is 22.3 Å². The molecule has 0 bridgehead atoms. The molecule has 0 saturated heterocycles. The molecule has 1 aromatic heterocycles. The lowest BCUT2D eigenvalue weighted by Crippen LogP contribution is -2.15. The van der Waals surface area contributed by atoms with Crippen molar-refractivity contribution in [3.05, 3.63) is 101 Å². The minimum atomic E-state index is -0.0324. The standard InChI is InChI=1S/C28H20BrN/c1-28(2)24-15-19(10-12-22(24)23-13-11-20(29)16-25(23)28)21-7-3-5-17-8-9-18-6-4-14-30-27(18)26(17)21/h3-16H,1-2H3. The number of rotatable bonds is 1. The molecule has 1 aliphatic carbocycles. The second kappa shape index (κ2) is 6.26. The molecule has 6 rings (SSSR count). The first kappa shape index (κ1) is 17.9. The van der Waals surface area contributed by atoms with Gasteiger partial charge in [0, 0.05) is 26.9 Å². The smallest absolute Gasteiger partial charge is 0.0786 e. The van der Waals surface area contributed by atoms with E-state index in [4.69, 9.17) is 4.98 Å². The predicted octanol–water partition coefficient (Wildman–Crippen LogP) is 8.12. The highest BCUT2D eigenvalue weighted by atomic mass is 79.9. The maximum Gasteiger partial charge on any atom is 0.0786 e. The van der Waals surface area contributed by atoms with Gasteiger partial charge in [0.1, 0.15) is 0 Å². The largest absolute Gasteiger partial charge is 0.256 e. The summed E-state index contributed by atoms with van der Waals surface area (Å²) in [5.41, 5.74) is 8.98. The van der Waals surface area contributed by atoms with E-state index in [1.807, 2.05) is 12.3 Å². The van der Waals surface area contributed by atoms with E-state index in [2.05, 4.69) is 103 Å². The van der Waals surface area contributed by atoms with Gasteiger partial charge in [0.2, 0.25) is 0 Å². The van der Waals surface area contributed by atoms with Crippen LogP contribution in [0.15, 0.2) is 89.5 Å². The molecule has 5 aromatic rings. The topological polar surface area (TPSA) is 12.9 Å². The number of nitrogens with zero attached hydrogens (tertiary/aromatic N) is 1.